The van der Waals surface area contributed by atoms with Gasteiger partial charge >= 0.3 is 0 Å². The summed E-state index contributed by atoms with van der Waals surface area (Å²) in [6.45, 7) is 2.45. The number of aliphatic hydroxyl groups excluding tert-OH is 1. The molecule has 21 heavy (non-hydrogen) atoms. The highest BCUT2D eigenvalue weighted by molar-refractivity contribution is 7.89. The number of benzene rings is 1. The molecule has 0 heterocycles. The second kappa shape index (κ2) is 8.86. The molecule has 0 amide bonds. The second-order valence-electron chi connectivity index (χ2n) is 4.87. The largest absolute Gasteiger partial charge is 0.492 e. The Kier molecular flexibility index (Phi) is 7.49. The van der Waals surface area contributed by atoms with E-state index in [1.807, 2.05) is 6.92 Å². The highest BCUT2D eigenvalue weighted by atomic mass is 32.2. The zero-order valence-corrected chi connectivity index (χ0v) is 13.1. The van der Waals surface area contributed by atoms with Crippen molar-refractivity contribution >= 4 is 15.7 Å². The summed E-state index contributed by atoms with van der Waals surface area (Å²) in [5, 5.41) is 8.88. The Morgan fingerprint density at radius 1 is 1.43 bits per heavy atom. The van der Waals surface area contributed by atoms with Gasteiger partial charge < -0.3 is 15.6 Å². The first-order valence-electron chi connectivity index (χ1n) is 7.03. The van der Waals surface area contributed by atoms with E-state index in [4.69, 9.17) is 15.6 Å². The molecule has 1 unspecified atom stereocenters. The Morgan fingerprint density at radius 2 is 2.19 bits per heavy atom. The van der Waals surface area contributed by atoms with Gasteiger partial charge in [-0.25, -0.2) is 13.1 Å². The zero-order valence-electron chi connectivity index (χ0n) is 12.3. The van der Waals surface area contributed by atoms with E-state index >= 15 is 0 Å². The van der Waals surface area contributed by atoms with E-state index in [1.165, 1.54) is 0 Å². The predicted octanol–water partition coefficient (Wildman–Crippen LogP) is 0.976. The van der Waals surface area contributed by atoms with Crippen LogP contribution in [0.5, 0.6) is 5.75 Å². The number of aliphatic hydroxyl groups is 1. The van der Waals surface area contributed by atoms with E-state index in [0.717, 1.165) is 6.42 Å². The SMILES string of the molecule is CCC(CCO)CNS(=O)(=O)CCOc1cccc(N)c1. The molecule has 0 spiro atoms. The first-order valence-corrected chi connectivity index (χ1v) is 8.68. The maximum Gasteiger partial charge on any atom is 0.214 e. The summed E-state index contributed by atoms with van der Waals surface area (Å²) in [7, 11) is -3.37. The smallest absolute Gasteiger partial charge is 0.214 e. The van der Waals surface area contributed by atoms with Gasteiger partial charge in [-0.3, -0.25) is 0 Å². The highest BCUT2D eigenvalue weighted by Crippen LogP contribution is 2.14. The number of sulfonamides is 1. The number of nitrogens with one attached hydrogen (secondary N) is 1. The van der Waals surface area contributed by atoms with Gasteiger partial charge in [0.15, 0.2) is 0 Å². The first-order chi connectivity index (χ1) is 9.96. The Bertz CT molecular complexity index is 519. The summed E-state index contributed by atoms with van der Waals surface area (Å²) in [5.41, 5.74) is 6.18. The number of anilines is 1. The van der Waals surface area contributed by atoms with E-state index in [-0.39, 0.29) is 24.9 Å². The van der Waals surface area contributed by atoms with Gasteiger partial charge in [-0.2, -0.15) is 0 Å². The van der Waals surface area contributed by atoms with Crippen LogP contribution in [0, 0.1) is 5.92 Å². The number of nitrogens with two attached hydrogens (primary N) is 1. The van der Waals surface area contributed by atoms with Gasteiger partial charge in [-0.05, 0) is 24.5 Å². The molecule has 0 fully saturated rings. The zero-order chi connectivity index (χ0) is 15.7. The lowest BCUT2D eigenvalue weighted by Crippen LogP contribution is -2.33. The number of hydrogen-bond donors (Lipinski definition) is 3. The van der Waals surface area contributed by atoms with Crippen LogP contribution in [0.25, 0.3) is 0 Å². The van der Waals surface area contributed by atoms with Gasteiger partial charge in [0.1, 0.15) is 12.4 Å². The number of nitrogen functional groups attached to an aromatic ring is 1. The summed E-state index contributed by atoms with van der Waals surface area (Å²) in [6, 6.07) is 6.86. The predicted molar refractivity (Wildman–Crippen MR) is 83.6 cm³/mol. The van der Waals surface area contributed by atoms with Crippen molar-refractivity contribution in [2.45, 2.75) is 19.8 Å². The minimum atomic E-state index is -3.37. The van der Waals surface area contributed by atoms with Gasteiger partial charge in [0.25, 0.3) is 0 Å². The van der Waals surface area contributed by atoms with Crippen LogP contribution in [0.1, 0.15) is 19.8 Å². The normalized spacial score (nSPS) is 13.0. The molecule has 6 nitrogen and oxygen atoms in total. The quantitative estimate of drug-likeness (QED) is 0.558. The fraction of sp³-hybridized carbons (Fsp3) is 0.571. The van der Waals surface area contributed by atoms with E-state index < -0.39 is 10.0 Å². The highest BCUT2D eigenvalue weighted by Gasteiger charge is 2.13. The van der Waals surface area contributed by atoms with Gasteiger partial charge in [0.2, 0.25) is 10.0 Å². The molecule has 0 bridgehead atoms. The van der Waals surface area contributed by atoms with Crippen LogP contribution in [0.2, 0.25) is 0 Å². The minimum absolute atomic E-state index is 0.0651. The fourth-order valence-electron chi connectivity index (χ4n) is 1.82. The van der Waals surface area contributed by atoms with Crippen LogP contribution >= 0.6 is 0 Å². The van der Waals surface area contributed by atoms with Crippen molar-refractivity contribution in [2.24, 2.45) is 5.92 Å². The molecule has 1 atom stereocenters. The van der Waals surface area contributed by atoms with E-state index in [0.29, 0.717) is 24.4 Å². The molecule has 0 saturated heterocycles. The molecule has 1 aromatic rings. The molecule has 120 valence electrons. The van der Waals surface area contributed by atoms with Gasteiger partial charge in [-0.15, -0.1) is 0 Å². The monoisotopic (exact) mass is 316 g/mol. The number of hydrogen-bond acceptors (Lipinski definition) is 5. The fourth-order valence-corrected chi connectivity index (χ4v) is 2.76. The number of rotatable bonds is 10. The Morgan fingerprint density at radius 3 is 2.81 bits per heavy atom. The lowest BCUT2D eigenvalue weighted by atomic mass is 10.0. The van der Waals surface area contributed by atoms with E-state index in [9.17, 15) is 8.42 Å². The lowest BCUT2D eigenvalue weighted by Gasteiger charge is -2.14. The molecule has 0 saturated carbocycles. The van der Waals surface area contributed by atoms with Crippen LogP contribution in [0.4, 0.5) is 5.69 Å². The molecule has 0 aliphatic heterocycles. The first kappa shape index (κ1) is 17.7. The van der Waals surface area contributed by atoms with E-state index in [1.54, 1.807) is 24.3 Å². The van der Waals surface area contributed by atoms with Crippen molar-refractivity contribution in [1.29, 1.82) is 0 Å². The van der Waals surface area contributed by atoms with Gasteiger partial charge in [0.05, 0.1) is 5.75 Å². The molecule has 1 aromatic carbocycles. The molecular formula is C14H24N2O4S. The second-order valence-corrected chi connectivity index (χ2v) is 6.80. The summed E-state index contributed by atoms with van der Waals surface area (Å²) in [6.07, 6.45) is 1.42. The third-order valence-corrected chi connectivity index (χ3v) is 4.50. The van der Waals surface area contributed by atoms with Crippen molar-refractivity contribution in [2.75, 3.05) is 31.2 Å². The maximum atomic E-state index is 11.8. The van der Waals surface area contributed by atoms with E-state index in [2.05, 4.69) is 4.72 Å². The minimum Gasteiger partial charge on any atom is -0.492 e. The van der Waals surface area contributed by atoms with Crippen molar-refractivity contribution in [3.8, 4) is 5.75 Å². The average molecular weight is 316 g/mol. The van der Waals surface area contributed by atoms with Gasteiger partial charge in [-0.1, -0.05) is 19.4 Å². The molecule has 4 N–H and O–H groups in total. The van der Waals surface area contributed by atoms with Crippen LogP contribution in [0.15, 0.2) is 24.3 Å². The molecule has 0 aliphatic rings. The van der Waals surface area contributed by atoms with Crippen LogP contribution in [-0.2, 0) is 10.0 Å². The topological polar surface area (TPSA) is 102 Å². The molecule has 7 heteroatoms. The van der Waals surface area contributed by atoms with Crippen molar-refractivity contribution in [3.05, 3.63) is 24.3 Å². The Hall–Kier alpha value is -1.31. The van der Waals surface area contributed by atoms with Crippen LogP contribution in [-0.4, -0.2) is 39.0 Å². The third-order valence-electron chi connectivity index (χ3n) is 3.19. The van der Waals surface area contributed by atoms with Crippen molar-refractivity contribution < 1.29 is 18.3 Å². The Labute approximate surface area is 126 Å². The average Bonchev–Trinajstić information content (AvgIpc) is 2.43. The molecule has 0 radical (unpaired) electrons. The summed E-state index contributed by atoms with van der Waals surface area (Å²) in [5.74, 6) is 0.591. The van der Waals surface area contributed by atoms with Crippen LogP contribution < -0.4 is 15.2 Å². The number of ether oxygens (including phenoxy) is 1. The summed E-state index contributed by atoms with van der Waals surface area (Å²) in [4.78, 5) is 0. The molecular weight excluding hydrogens is 292 g/mol. The summed E-state index contributed by atoms with van der Waals surface area (Å²) >= 11 is 0. The van der Waals surface area contributed by atoms with Gasteiger partial charge in [0, 0.05) is 24.9 Å². The Balaban J connectivity index is 2.35. The standard InChI is InChI=1S/C14H24N2O4S/c1-2-12(6-7-17)11-16-21(18,19)9-8-20-14-5-3-4-13(15)10-14/h3-5,10,12,16-17H,2,6-9,11,15H2,1H3. The maximum absolute atomic E-state index is 11.8. The van der Waals surface area contributed by atoms with Crippen molar-refractivity contribution in [1.82, 2.24) is 4.72 Å². The summed E-state index contributed by atoms with van der Waals surface area (Å²) < 4.78 is 31.6. The molecule has 0 aromatic heterocycles. The van der Waals surface area contributed by atoms with Crippen molar-refractivity contribution in [3.63, 3.8) is 0 Å². The third kappa shape index (κ3) is 7.31. The molecule has 1 rings (SSSR count). The lowest BCUT2D eigenvalue weighted by molar-refractivity contribution is 0.254. The van der Waals surface area contributed by atoms with Crippen LogP contribution in [0.3, 0.4) is 0 Å². The molecule has 0 aliphatic carbocycles.